The maximum atomic E-state index is 9.09. The van der Waals surface area contributed by atoms with Gasteiger partial charge >= 0.3 is 0 Å². The summed E-state index contributed by atoms with van der Waals surface area (Å²) in [5.41, 5.74) is 0.989. The second-order valence-corrected chi connectivity index (χ2v) is 5.35. The number of aliphatic hydroxyl groups is 1. The predicted molar refractivity (Wildman–Crippen MR) is 80.0 cm³/mol. The zero-order chi connectivity index (χ0) is 13.8. The number of aliphatic hydroxyl groups excluding tert-OH is 1. The first kappa shape index (κ1) is 12.8. The first-order valence-corrected chi connectivity index (χ1v) is 7.06. The van der Waals surface area contributed by atoms with Crippen LogP contribution in [0.5, 0.6) is 11.5 Å². The molecule has 3 nitrogen and oxygen atoms in total. The third-order valence-corrected chi connectivity index (χ3v) is 3.80. The van der Waals surface area contributed by atoms with Crippen molar-refractivity contribution in [3.8, 4) is 22.1 Å². The highest BCUT2D eigenvalue weighted by molar-refractivity contribution is 7.15. The van der Waals surface area contributed by atoms with Crippen molar-refractivity contribution in [1.29, 1.82) is 0 Å². The van der Waals surface area contributed by atoms with Gasteiger partial charge in [-0.2, -0.15) is 0 Å². The second-order valence-electron chi connectivity index (χ2n) is 4.23. The first-order valence-electron chi connectivity index (χ1n) is 6.24. The average Bonchev–Trinajstić information content (AvgIpc) is 2.98. The molecular weight excluding hydrogens is 270 g/mol. The highest BCUT2D eigenvalue weighted by Crippen LogP contribution is 2.29. The molecule has 0 bridgehead atoms. The minimum atomic E-state index is 0.0257. The van der Waals surface area contributed by atoms with Gasteiger partial charge < -0.3 is 9.84 Å². The Labute approximate surface area is 121 Å². The van der Waals surface area contributed by atoms with Crippen molar-refractivity contribution in [2.24, 2.45) is 0 Å². The van der Waals surface area contributed by atoms with Crippen LogP contribution in [0, 0.1) is 0 Å². The fourth-order valence-electron chi connectivity index (χ4n) is 1.83. The summed E-state index contributed by atoms with van der Waals surface area (Å²) in [4.78, 5) is 5.16. The Kier molecular flexibility index (Phi) is 3.76. The second kappa shape index (κ2) is 5.86. The lowest BCUT2D eigenvalue weighted by atomic mass is 10.2. The molecule has 1 aromatic heterocycles. The molecule has 0 atom stereocenters. The summed E-state index contributed by atoms with van der Waals surface area (Å²) in [6.45, 7) is 0.0257. The molecular formula is C16H13NO2S. The molecule has 0 aliphatic carbocycles. The molecule has 1 heterocycles. The zero-order valence-corrected chi connectivity index (χ0v) is 11.5. The molecule has 0 saturated heterocycles. The van der Waals surface area contributed by atoms with E-state index in [1.807, 2.05) is 54.6 Å². The van der Waals surface area contributed by atoms with E-state index >= 15 is 0 Å². The fraction of sp³-hybridized carbons (Fsp3) is 0.0625. The molecule has 0 amide bonds. The number of ether oxygens (including phenoxy) is 1. The standard InChI is InChI=1S/C16H13NO2S/c18-11-15-10-17-16(20-15)12-5-4-8-14(9-12)19-13-6-2-1-3-7-13/h1-10,18H,11H2. The Bertz CT molecular complexity index is 694. The Hall–Kier alpha value is -2.17. The molecule has 0 aliphatic rings. The quantitative estimate of drug-likeness (QED) is 0.784. The summed E-state index contributed by atoms with van der Waals surface area (Å²) in [5, 5.41) is 9.97. The largest absolute Gasteiger partial charge is 0.457 e. The van der Waals surface area contributed by atoms with Crippen LogP contribution in [0.2, 0.25) is 0 Å². The van der Waals surface area contributed by atoms with Gasteiger partial charge in [-0.15, -0.1) is 11.3 Å². The van der Waals surface area contributed by atoms with E-state index in [4.69, 9.17) is 9.84 Å². The van der Waals surface area contributed by atoms with E-state index in [9.17, 15) is 0 Å². The molecule has 0 unspecified atom stereocenters. The van der Waals surface area contributed by atoms with Crippen molar-refractivity contribution in [3.63, 3.8) is 0 Å². The van der Waals surface area contributed by atoms with Gasteiger partial charge in [0.25, 0.3) is 0 Å². The Morgan fingerprint density at radius 1 is 1.00 bits per heavy atom. The van der Waals surface area contributed by atoms with Gasteiger partial charge in [0.15, 0.2) is 0 Å². The van der Waals surface area contributed by atoms with Crippen LogP contribution < -0.4 is 4.74 Å². The molecule has 0 aliphatic heterocycles. The van der Waals surface area contributed by atoms with Crippen LogP contribution in [-0.4, -0.2) is 10.1 Å². The third-order valence-electron chi connectivity index (χ3n) is 2.77. The Balaban J connectivity index is 1.86. The molecule has 2 aromatic carbocycles. The smallest absolute Gasteiger partial charge is 0.128 e. The van der Waals surface area contributed by atoms with Crippen molar-refractivity contribution in [2.45, 2.75) is 6.61 Å². The van der Waals surface area contributed by atoms with Gasteiger partial charge in [-0.1, -0.05) is 30.3 Å². The SMILES string of the molecule is OCc1cnc(-c2cccc(Oc3ccccc3)c2)s1. The van der Waals surface area contributed by atoms with E-state index in [0.29, 0.717) is 0 Å². The van der Waals surface area contributed by atoms with Crippen molar-refractivity contribution in [1.82, 2.24) is 4.98 Å². The number of rotatable bonds is 4. The molecule has 100 valence electrons. The number of thiazole rings is 1. The minimum Gasteiger partial charge on any atom is -0.457 e. The molecule has 0 radical (unpaired) electrons. The lowest BCUT2D eigenvalue weighted by molar-refractivity contribution is 0.285. The van der Waals surface area contributed by atoms with E-state index in [2.05, 4.69) is 4.98 Å². The van der Waals surface area contributed by atoms with E-state index in [0.717, 1.165) is 26.9 Å². The van der Waals surface area contributed by atoms with Crippen LogP contribution in [0.1, 0.15) is 4.88 Å². The summed E-state index contributed by atoms with van der Waals surface area (Å²) in [6, 6.07) is 17.5. The molecule has 0 spiro atoms. The zero-order valence-electron chi connectivity index (χ0n) is 10.7. The van der Waals surface area contributed by atoms with Gasteiger partial charge in [-0.05, 0) is 24.3 Å². The van der Waals surface area contributed by atoms with Gasteiger partial charge in [0.2, 0.25) is 0 Å². The van der Waals surface area contributed by atoms with Crippen molar-refractivity contribution in [2.75, 3.05) is 0 Å². The third kappa shape index (κ3) is 2.87. The molecule has 1 N–H and O–H groups in total. The Morgan fingerprint density at radius 3 is 2.55 bits per heavy atom. The summed E-state index contributed by atoms with van der Waals surface area (Å²) in [6.07, 6.45) is 1.70. The van der Waals surface area contributed by atoms with E-state index in [-0.39, 0.29) is 6.61 Å². The number of hydrogen-bond acceptors (Lipinski definition) is 4. The topological polar surface area (TPSA) is 42.4 Å². The maximum absolute atomic E-state index is 9.09. The van der Waals surface area contributed by atoms with E-state index in [1.165, 1.54) is 11.3 Å². The van der Waals surface area contributed by atoms with Crippen LogP contribution in [0.3, 0.4) is 0 Å². The van der Waals surface area contributed by atoms with Crippen LogP contribution in [0.15, 0.2) is 60.8 Å². The monoisotopic (exact) mass is 283 g/mol. The predicted octanol–water partition coefficient (Wildman–Crippen LogP) is 4.09. The van der Waals surface area contributed by atoms with Gasteiger partial charge in [0, 0.05) is 11.8 Å². The van der Waals surface area contributed by atoms with Gasteiger partial charge in [-0.3, -0.25) is 0 Å². The maximum Gasteiger partial charge on any atom is 0.128 e. The van der Waals surface area contributed by atoms with Crippen molar-refractivity contribution >= 4 is 11.3 Å². The number of benzene rings is 2. The lowest BCUT2D eigenvalue weighted by Crippen LogP contribution is -1.84. The van der Waals surface area contributed by atoms with Crippen molar-refractivity contribution < 1.29 is 9.84 Å². The number of hydrogen-bond donors (Lipinski definition) is 1. The van der Waals surface area contributed by atoms with Crippen LogP contribution in [0.4, 0.5) is 0 Å². The lowest BCUT2D eigenvalue weighted by Gasteiger charge is -2.06. The molecule has 0 saturated carbocycles. The molecule has 0 fully saturated rings. The highest BCUT2D eigenvalue weighted by Gasteiger charge is 2.06. The number of nitrogens with zero attached hydrogens (tertiary/aromatic N) is 1. The molecule has 4 heteroatoms. The van der Waals surface area contributed by atoms with Crippen LogP contribution >= 0.6 is 11.3 Å². The van der Waals surface area contributed by atoms with Gasteiger partial charge in [0.1, 0.15) is 16.5 Å². The van der Waals surface area contributed by atoms with Gasteiger partial charge in [0.05, 0.1) is 11.5 Å². The van der Waals surface area contributed by atoms with Crippen LogP contribution in [-0.2, 0) is 6.61 Å². The minimum absolute atomic E-state index is 0.0257. The summed E-state index contributed by atoms with van der Waals surface area (Å²) < 4.78 is 5.80. The van der Waals surface area contributed by atoms with E-state index in [1.54, 1.807) is 6.20 Å². The van der Waals surface area contributed by atoms with Crippen LogP contribution in [0.25, 0.3) is 10.6 Å². The normalized spacial score (nSPS) is 10.4. The summed E-state index contributed by atoms with van der Waals surface area (Å²) in [5.74, 6) is 1.58. The highest BCUT2D eigenvalue weighted by atomic mass is 32.1. The fourth-order valence-corrected chi connectivity index (χ4v) is 2.60. The Morgan fingerprint density at radius 2 is 1.80 bits per heavy atom. The first-order chi connectivity index (χ1) is 9.85. The van der Waals surface area contributed by atoms with Crippen molar-refractivity contribution in [3.05, 3.63) is 65.7 Å². The number of para-hydroxylation sites is 1. The number of aromatic nitrogens is 1. The average molecular weight is 283 g/mol. The molecule has 3 rings (SSSR count). The van der Waals surface area contributed by atoms with Gasteiger partial charge in [-0.25, -0.2) is 4.98 Å². The molecule has 20 heavy (non-hydrogen) atoms. The van der Waals surface area contributed by atoms with E-state index < -0.39 is 0 Å². The molecule has 3 aromatic rings. The summed E-state index contributed by atoms with van der Waals surface area (Å²) >= 11 is 1.48. The summed E-state index contributed by atoms with van der Waals surface area (Å²) in [7, 11) is 0.